The molecule has 3 aromatic rings. The first-order valence-corrected chi connectivity index (χ1v) is 6.66. The quantitative estimate of drug-likeness (QED) is 0.554. The predicted molar refractivity (Wildman–Crippen MR) is 81.7 cm³/mol. The summed E-state index contributed by atoms with van der Waals surface area (Å²) in [6.45, 7) is 4.21. The van der Waals surface area contributed by atoms with Gasteiger partial charge in [0.25, 0.3) is 0 Å². The van der Waals surface area contributed by atoms with E-state index >= 15 is 0 Å². The molecule has 19 heavy (non-hydrogen) atoms. The molecule has 0 bridgehead atoms. The summed E-state index contributed by atoms with van der Waals surface area (Å²) in [5, 5.41) is 1.69. The molecular formula is C17H14ClN. The standard InChI is InChI=1S/C17H14ClN/c1-11-8-14-10-15(13-6-4-3-5-7-13)17(18)19-16(14)9-12(11)2/h3-10H,1-2H3. The average Bonchev–Trinajstić information content (AvgIpc) is 2.41. The molecule has 94 valence electrons. The summed E-state index contributed by atoms with van der Waals surface area (Å²) in [5.41, 5.74) is 5.55. The number of rotatable bonds is 1. The Hall–Kier alpha value is -1.86. The number of benzene rings is 2. The third-order valence-electron chi connectivity index (χ3n) is 3.47. The van der Waals surface area contributed by atoms with Gasteiger partial charge in [0.05, 0.1) is 5.52 Å². The van der Waals surface area contributed by atoms with Gasteiger partial charge in [-0.3, -0.25) is 0 Å². The molecule has 0 aliphatic rings. The van der Waals surface area contributed by atoms with Crippen molar-refractivity contribution >= 4 is 22.5 Å². The summed E-state index contributed by atoms with van der Waals surface area (Å²) in [7, 11) is 0. The number of hydrogen-bond acceptors (Lipinski definition) is 1. The van der Waals surface area contributed by atoms with Crippen LogP contribution in [0.3, 0.4) is 0 Å². The van der Waals surface area contributed by atoms with Gasteiger partial charge in [-0.05, 0) is 48.7 Å². The average molecular weight is 268 g/mol. The molecule has 2 heteroatoms. The molecular weight excluding hydrogens is 254 g/mol. The first-order valence-electron chi connectivity index (χ1n) is 6.28. The molecule has 0 aliphatic carbocycles. The smallest absolute Gasteiger partial charge is 0.137 e. The highest BCUT2D eigenvalue weighted by Gasteiger charge is 2.08. The number of hydrogen-bond donors (Lipinski definition) is 0. The maximum atomic E-state index is 6.32. The molecule has 0 radical (unpaired) electrons. The Bertz CT molecular complexity index is 748. The van der Waals surface area contributed by atoms with Crippen LogP contribution in [0, 0.1) is 13.8 Å². The lowest BCUT2D eigenvalue weighted by Gasteiger charge is -2.08. The molecule has 0 unspecified atom stereocenters. The second-order valence-electron chi connectivity index (χ2n) is 4.82. The minimum absolute atomic E-state index is 0.557. The van der Waals surface area contributed by atoms with Gasteiger partial charge >= 0.3 is 0 Å². The second kappa shape index (κ2) is 4.67. The minimum Gasteiger partial charge on any atom is -0.235 e. The highest BCUT2D eigenvalue weighted by molar-refractivity contribution is 6.32. The van der Waals surface area contributed by atoms with Gasteiger partial charge in [-0.25, -0.2) is 4.98 Å². The summed E-state index contributed by atoms with van der Waals surface area (Å²) >= 11 is 6.32. The predicted octanol–water partition coefficient (Wildman–Crippen LogP) is 5.17. The molecule has 1 nitrogen and oxygen atoms in total. The van der Waals surface area contributed by atoms with Crippen molar-refractivity contribution in [2.75, 3.05) is 0 Å². The second-order valence-corrected chi connectivity index (χ2v) is 5.18. The van der Waals surface area contributed by atoms with Crippen LogP contribution in [0.1, 0.15) is 11.1 Å². The molecule has 0 N–H and O–H groups in total. The van der Waals surface area contributed by atoms with E-state index in [0.29, 0.717) is 5.15 Å². The van der Waals surface area contributed by atoms with Crippen molar-refractivity contribution in [1.82, 2.24) is 4.98 Å². The number of aryl methyl sites for hydroxylation is 2. The monoisotopic (exact) mass is 267 g/mol. The summed E-state index contributed by atoms with van der Waals surface area (Å²) in [6.07, 6.45) is 0. The van der Waals surface area contributed by atoms with Gasteiger partial charge in [-0.1, -0.05) is 41.9 Å². The highest BCUT2D eigenvalue weighted by atomic mass is 35.5. The summed E-state index contributed by atoms with van der Waals surface area (Å²) < 4.78 is 0. The third kappa shape index (κ3) is 2.22. The van der Waals surface area contributed by atoms with Crippen LogP contribution in [0.15, 0.2) is 48.5 Å². The molecule has 0 saturated heterocycles. The van der Waals surface area contributed by atoms with E-state index in [-0.39, 0.29) is 0 Å². The van der Waals surface area contributed by atoms with E-state index in [9.17, 15) is 0 Å². The molecule has 0 amide bonds. The first kappa shape index (κ1) is 12.2. The van der Waals surface area contributed by atoms with E-state index in [0.717, 1.165) is 22.0 Å². The summed E-state index contributed by atoms with van der Waals surface area (Å²) in [6, 6.07) is 16.5. The highest BCUT2D eigenvalue weighted by Crippen LogP contribution is 2.30. The Morgan fingerprint density at radius 1 is 0.895 bits per heavy atom. The molecule has 3 rings (SSSR count). The van der Waals surface area contributed by atoms with Gasteiger partial charge in [0, 0.05) is 10.9 Å². The lowest BCUT2D eigenvalue weighted by atomic mass is 10.0. The number of nitrogens with zero attached hydrogens (tertiary/aromatic N) is 1. The summed E-state index contributed by atoms with van der Waals surface area (Å²) in [5.74, 6) is 0. The Labute approximate surface area is 117 Å². The summed E-state index contributed by atoms with van der Waals surface area (Å²) in [4.78, 5) is 4.52. The van der Waals surface area contributed by atoms with Crippen molar-refractivity contribution in [3.05, 3.63) is 64.8 Å². The molecule has 1 aromatic heterocycles. The zero-order valence-corrected chi connectivity index (χ0v) is 11.7. The zero-order valence-electron chi connectivity index (χ0n) is 10.9. The van der Waals surface area contributed by atoms with E-state index < -0.39 is 0 Å². The van der Waals surface area contributed by atoms with Crippen molar-refractivity contribution < 1.29 is 0 Å². The van der Waals surface area contributed by atoms with Gasteiger partial charge < -0.3 is 0 Å². The first-order chi connectivity index (χ1) is 9.15. The maximum Gasteiger partial charge on any atom is 0.137 e. The van der Waals surface area contributed by atoms with Crippen LogP contribution >= 0.6 is 11.6 Å². The molecule has 0 aliphatic heterocycles. The minimum atomic E-state index is 0.557. The fourth-order valence-electron chi connectivity index (χ4n) is 2.24. The number of aromatic nitrogens is 1. The Morgan fingerprint density at radius 3 is 2.32 bits per heavy atom. The zero-order chi connectivity index (χ0) is 13.4. The number of pyridine rings is 1. The van der Waals surface area contributed by atoms with Gasteiger partial charge in [-0.15, -0.1) is 0 Å². The van der Waals surface area contributed by atoms with Crippen molar-refractivity contribution in [2.45, 2.75) is 13.8 Å². The van der Waals surface area contributed by atoms with Crippen LogP contribution in [0.4, 0.5) is 0 Å². The topological polar surface area (TPSA) is 12.9 Å². The van der Waals surface area contributed by atoms with E-state index in [4.69, 9.17) is 11.6 Å². The van der Waals surface area contributed by atoms with Crippen molar-refractivity contribution in [2.24, 2.45) is 0 Å². The molecule has 2 aromatic carbocycles. The van der Waals surface area contributed by atoms with E-state index in [2.05, 4.69) is 49.2 Å². The molecule has 0 fully saturated rings. The molecule has 0 spiro atoms. The molecule has 0 saturated carbocycles. The van der Waals surface area contributed by atoms with Crippen LogP contribution < -0.4 is 0 Å². The molecule has 1 heterocycles. The van der Waals surface area contributed by atoms with Crippen LogP contribution in [-0.2, 0) is 0 Å². The van der Waals surface area contributed by atoms with Crippen molar-refractivity contribution in [3.63, 3.8) is 0 Å². The van der Waals surface area contributed by atoms with Crippen molar-refractivity contribution in [1.29, 1.82) is 0 Å². The normalized spacial score (nSPS) is 10.9. The van der Waals surface area contributed by atoms with Gasteiger partial charge in [0.1, 0.15) is 5.15 Å². The van der Waals surface area contributed by atoms with E-state index in [1.165, 1.54) is 11.1 Å². The largest absolute Gasteiger partial charge is 0.235 e. The third-order valence-corrected chi connectivity index (χ3v) is 3.76. The molecule has 0 atom stereocenters. The SMILES string of the molecule is Cc1cc2cc(-c3ccccc3)c(Cl)nc2cc1C. The fourth-order valence-corrected chi connectivity index (χ4v) is 2.49. The van der Waals surface area contributed by atoms with Gasteiger partial charge in [-0.2, -0.15) is 0 Å². The fraction of sp³-hybridized carbons (Fsp3) is 0.118. The Balaban J connectivity index is 2.27. The number of fused-ring (bicyclic) bond motifs is 1. The maximum absolute atomic E-state index is 6.32. The Kier molecular flexibility index (Phi) is 3.00. The van der Waals surface area contributed by atoms with Gasteiger partial charge in [0.15, 0.2) is 0 Å². The lowest BCUT2D eigenvalue weighted by molar-refractivity contribution is 1.33. The van der Waals surface area contributed by atoms with E-state index in [1.54, 1.807) is 0 Å². The lowest BCUT2D eigenvalue weighted by Crippen LogP contribution is -1.89. The van der Waals surface area contributed by atoms with E-state index in [1.807, 2.05) is 18.2 Å². The van der Waals surface area contributed by atoms with Crippen molar-refractivity contribution in [3.8, 4) is 11.1 Å². The van der Waals surface area contributed by atoms with Crippen LogP contribution in [0.25, 0.3) is 22.0 Å². The van der Waals surface area contributed by atoms with Crippen LogP contribution in [-0.4, -0.2) is 4.98 Å². The van der Waals surface area contributed by atoms with Crippen LogP contribution in [0.5, 0.6) is 0 Å². The van der Waals surface area contributed by atoms with Crippen LogP contribution in [0.2, 0.25) is 5.15 Å². The van der Waals surface area contributed by atoms with Gasteiger partial charge in [0.2, 0.25) is 0 Å². The number of halogens is 1. The Morgan fingerprint density at radius 2 is 1.58 bits per heavy atom.